The Morgan fingerprint density at radius 3 is 2.19 bits per heavy atom. The Labute approximate surface area is 95.7 Å². The first kappa shape index (κ1) is 15.3. The molecule has 0 N–H and O–H groups in total. The highest BCUT2D eigenvalue weighted by molar-refractivity contribution is 6.74. The third-order valence-electron chi connectivity index (χ3n) is 2.91. The minimum absolute atomic E-state index is 0.0456. The fourth-order valence-corrected chi connectivity index (χ4v) is 1.75. The minimum atomic E-state index is -2.68. The van der Waals surface area contributed by atoms with Crippen molar-refractivity contribution in [3.63, 3.8) is 0 Å². The highest BCUT2D eigenvalue weighted by Crippen LogP contribution is 2.36. The molecule has 0 amide bonds. The summed E-state index contributed by atoms with van der Waals surface area (Å²) in [5.74, 6) is 0. The Balaban J connectivity index is 4.47. The normalized spacial score (nSPS) is 14.8. The van der Waals surface area contributed by atoms with Crippen molar-refractivity contribution < 1.29 is 13.2 Å². The first-order valence-electron chi connectivity index (χ1n) is 5.08. The second kappa shape index (κ2) is 5.61. The summed E-state index contributed by atoms with van der Waals surface area (Å²) < 4.78 is 30.4. The maximum atomic E-state index is 12.4. The molecule has 0 aliphatic heterocycles. The molecule has 1 atom stereocenters. The van der Waals surface area contributed by atoms with E-state index in [9.17, 15) is 8.78 Å². The average Bonchev–Trinajstić information content (AvgIpc) is 2.09. The number of hydrogen-bond acceptors (Lipinski definition) is 2. The molecule has 94 valence electrons. The topological polar surface area (TPSA) is 58.0 Å². The van der Waals surface area contributed by atoms with Crippen LogP contribution in [0.25, 0.3) is 10.4 Å². The minimum Gasteiger partial charge on any atom is -0.416 e. The molecule has 0 aromatic rings. The fraction of sp³-hybridized carbons (Fsp3) is 1.00. The maximum Gasteiger partial charge on any atom is 0.249 e. The summed E-state index contributed by atoms with van der Waals surface area (Å²) in [7, 11) is -2.06. The predicted molar refractivity (Wildman–Crippen MR) is 62.1 cm³/mol. The van der Waals surface area contributed by atoms with Crippen LogP contribution >= 0.6 is 0 Å². The van der Waals surface area contributed by atoms with Gasteiger partial charge in [-0.3, -0.25) is 0 Å². The molecule has 0 spiro atoms. The van der Waals surface area contributed by atoms with E-state index in [0.29, 0.717) is 0 Å². The van der Waals surface area contributed by atoms with Crippen LogP contribution in [-0.4, -0.2) is 27.4 Å². The van der Waals surface area contributed by atoms with Crippen LogP contribution in [0.2, 0.25) is 18.1 Å². The second-order valence-electron chi connectivity index (χ2n) is 5.18. The van der Waals surface area contributed by atoms with E-state index < -0.39 is 20.8 Å². The molecule has 0 saturated heterocycles. The third kappa shape index (κ3) is 4.47. The van der Waals surface area contributed by atoms with Crippen LogP contribution in [0.3, 0.4) is 0 Å². The van der Waals surface area contributed by atoms with Gasteiger partial charge in [-0.25, -0.2) is 8.78 Å². The molecule has 0 saturated carbocycles. The van der Waals surface area contributed by atoms with E-state index in [1.807, 2.05) is 33.9 Å². The van der Waals surface area contributed by atoms with E-state index in [1.54, 1.807) is 0 Å². The van der Waals surface area contributed by atoms with Crippen molar-refractivity contribution in [3.05, 3.63) is 10.4 Å². The molecule has 7 heteroatoms. The quantitative estimate of drug-likeness (QED) is 0.316. The molecule has 0 radical (unpaired) electrons. The summed E-state index contributed by atoms with van der Waals surface area (Å²) in [4.78, 5) is 2.40. The van der Waals surface area contributed by atoms with E-state index >= 15 is 0 Å². The summed E-state index contributed by atoms with van der Waals surface area (Å²) in [6, 6.07) is -1.39. The van der Waals surface area contributed by atoms with E-state index in [0.717, 1.165) is 0 Å². The fourth-order valence-electron chi connectivity index (χ4n) is 0.733. The number of halogens is 2. The lowest BCUT2D eigenvalue weighted by Crippen LogP contribution is -2.43. The van der Waals surface area contributed by atoms with Crippen molar-refractivity contribution in [1.82, 2.24) is 0 Å². The molecule has 0 aliphatic carbocycles. The van der Waals surface area contributed by atoms with Crippen molar-refractivity contribution in [3.8, 4) is 0 Å². The molecule has 0 aliphatic rings. The summed E-state index contributed by atoms with van der Waals surface area (Å²) in [6.45, 7) is 9.77. The molecule has 0 bridgehead atoms. The summed E-state index contributed by atoms with van der Waals surface area (Å²) in [5, 5.41) is 2.99. The van der Waals surface area contributed by atoms with Crippen LogP contribution < -0.4 is 0 Å². The molecule has 0 unspecified atom stereocenters. The van der Waals surface area contributed by atoms with E-state index in [-0.39, 0.29) is 11.6 Å². The van der Waals surface area contributed by atoms with Crippen molar-refractivity contribution in [2.75, 3.05) is 6.61 Å². The number of rotatable bonds is 5. The van der Waals surface area contributed by atoms with Crippen molar-refractivity contribution in [2.45, 2.75) is 51.4 Å². The van der Waals surface area contributed by atoms with Crippen LogP contribution in [0.1, 0.15) is 20.8 Å². The summed E-state index contributed by atoms with van der Waals surface area (Å²) >= 11 is 0. The first-order chi connectivity index (χ1) is 7.12. The molecule has 0 heterocycles. The summed E-state index contributed by atoms with van der Waals surface area (Å²) in [5.41, 5.74) is 8.16. The molecule has 0 fully saturated rings. The Kier molecular flexibility index (Phi) is 5.38. The molecule has 0 aromatic carbocycles. The van der Waals surface area contributed by atoms with Crippen LogP contribution in [0.15, 0.2) is 5.11 Å². The van der Waals surface area contributed by atoms with Gasteiger partial charge >= 0.3 is 0 Å². The van der Waals surface area contributed by atoms with Crippen molar-refractivity contribution in [2.24, 2.45) is 5.11 Å². The Bertz CT molecular complexity index is 272. The second-order valence-corrected chi connectivity index (χ2v) is 9.99. The lowest BCUT2D eigenvalue weighted by Gasteiger charge is -2.36. The predicted octanol–water partition coefficient (Wildman–Crippen LogP) is 3.95. The standard InChI is InChI=1S/C9H19F2N3OSi/c1-9(2,3)16(4,5)15-6-7(8(10)11)13-14-12/h7-8H,6H2,1-5H3/t7-/m0/s1. The SMILES string of the molecule is CC(C)(C)[Si](C)(C)OC[C@H](N=[N+]=[N-])C(F)F. The molecular formula is C9H19F2N3OSi. The summed E-state index contributed by atoms with van der Waals surface area (Å²) in [6.07, 6.45) is -2.68. The molecule has 0 aromatic heterocycles. The molecule has 0 rings (SSSR count). The Morgan fingerprint density at radius 2 is 1.88 bits per heavy atom. The largest absolute Gasteiger partial charge is 0.416 e. The third-order valence-corrected chi connectivity index (χ3v) is 7.41. The van der Waals surface area contributed by atoms with Gasteiger partial charge in [-0.1, -0.05) is 25.9 Å². The molecule has 16 heavy (non-hydrogen) atoms. The number of nitrogens with zero attached hydrogens (tertiary/aromatic N) is 3. The average molecular weight is 251 g/mol. The van der Waals surface area contributed by atoms with Crippen LogP contribution in [-0.2, 0) is 4.43 Å². The monoisotopic (exact) mass is 251 g/mol. The lowest BCUT2D eigenvalue weighted by atomic mass is 10.2. The zero-order valence-electron chi connectivity index (χ0n) is 10.4. The highest BCUT2D eigenvalue weighted by Gasteiger charge is 2.38. The van der Waals surface area contributed by atoms with Crippen LogP contribution in [0.4, 0.5) is 8.78 Å². The van der Waals surface area contributed by atoms with Crippen LogP contribution in [0, 0.1) is 0 Å². The zero-order chi connectivity index (χ0) is 13.0. The van der Waals surface area contributed by atoms with E-state index in [1.165, 1.54) is 0 Å². The van der Waals surface area contributed by atoms with Gasteiger partial charge in [0.25, 0.3) is 0 Å². The Morgan fingerprint density at radius 1 is 1.38 bits per heavy atom. The van der Waals surface area contributed by atoms with Gasteiger partial charge < -0.3 is 4.43 Å². The number of hydrogen-bond donors (Lipinski definition) is 0. The lowest BCUT2D eigenvalue weighted by molar-refractivity contribution is 0.0864. The van der Waals surface area contributed by atoms with Gasteiger partial charge in [-0.05, 0) is 23.7 Å². The van der Waals surface area contributed by atoms with Gasteiger partial charge in [-0.15, -0.1) is 0 Å². The Hall–Kier alpha value is -0.653. The van der Waals surface area contributed by atoms with Gasteiger partial charge in [0.2, 0.25) is 6.43 Å². The van der Waals surface area contributed by atoms with Crippen molar-refractivity contribution in [1.29, 1.82) is 0 Å². The van der Waals surface area contributed by atoms with Crippen molar-refractivity contribution >= 4 is 8.32 Å². The van der Waals surface area contributed by atoms with Gasteiger partial charge in [0.15, 0.2) is 8.32 Å². The van der Waals surface area contributed by atoms with Gasteiger partial charge in [0, 0.05) is 11.5 Å². The number of azide groups is 1. The van der Waals surface area contributed by atoms with Gasteiger partial charge in [0.1, 0.15) is 6.04 Å². The molecular weight excluding hydrogens is 232 g/mol. The zero-order valence-corrected chi connectivity index (χ0v) is 11.4. The smallest absolute Gasteiger partial charge is 0.249 e. The maximum absolute atomic E-state index is 12.4. The van der Waals surface area contributed by atoms with E-state index in [2.05, 4.69) is 10.0 Å². The molecule has 4 nitrogen and oxygen atoms in total. The van der Waals surface area contributed by atoms with Gasteiger partial charge in [0.05, 0.1) is 0 Å². The number of alkyl halides is 2. The highest BCUT2D eigenvalue weighted by atomic mass is 28.4. The van der Waals surface area contributed by atoms with Crippen LogP contribution in [0.5, 0.6) is 0 Å². The van der Waals surface area contributed by atoms with Gasteiger partial charge in [-0.2, -0.15) is 0 Å². The first-order valence-corrected chi connectivity index (χ1v) is 7.99. The van der Waals surface area contributed by atoms with E-state index in [4.69, 9.17) is 9.96 Å².